The van der Waals surface area contributed by atoms with Crippen LogP contribution >= 0.6 is 7.82 Å². The molecule has 0 aliphatic rings. The van der Waals surface area contributed by atoms with E-state index in [2.05, 4.69) is 4.52 Å². The topological polar surface area (TPSA) is 196 Å². The standard InChI is InChI=1S/C8H15N2O9P/c9-4(1-2-6(11)12)7(13)10-5(8(14)15)3-19-20(16,17)18/h4-5H,1-3,9H2,(H,10,13)(H,11,12)(H,14,15)(H2,16,17,18)/t4-,5-/m0/s1. The highest BCUT2D eigenvalue weighted by molar-refractivity contribution is 7.46. The largest absolute Gasteiger partial charge is 0.481 e. The Bertz CT molecular complexity index is 420. The summed E-state index contributed by atoms with van der Waals surface area (Å²) in [5.41, 5.74) is 5.33. The summed E-state index contributed by atoms with van der Waals surface area (Å²) < 4.78 is 14.4. The molecule has 20 heavy (non-hydrogen) atoms. The van der Waals surface area contributed by atoms with Gasteiger partial charge in [-0.2, -0.15) is 0 Å². The van der Waals surface area contributed by atoms with Crippen molar-refractivity contribution in [1.29, 1.82) is 0 Å². The summed E-state index contributed by atoms with van der Waals surface area (Å²) in [5, 5.41) is 19.0. The van der Waals surface area contributed by atoms with E-state index in [1.54, 1.807) is 0 Å². The quantitative estimate of drug-likeness (QED) is 0.255. The molecule has 7 N–H and O–H groups in total. The van der Waals surface area contributed by atoms with Gasteiger partial charge in [0, 0.05) is 6.42 Å². The van der Waals surface area contributed by atoms with Crippen molar-refractivity contribution in [2.24, 2.45) is 5.73 Å². The van der Waals surface area contributed by atoms with Gasteiger partial charge in [0.2, 0.25) is 5.91 Å². The second-order valence-electron chi connectivity index (χ2n) is 3.72. The highest BCUT2D eigenvalue weighted by atomic mass is 31.2. The number of hydrogen-bond acceptors (Lipinski definition) is 6. The third-order valence-corrected chi connectivity index (χ3v) is 2.52. The van der Waals surface area contributed by atoms with Crippen molar-refractivity contribution in [3.8, 4) is 0 Å². The Morgan fingerprint density at radius 3 is 2.20 bits per heavy atom. The molecule has 0 unspecified atom stereocenters. The van der Waals surface area contributed by atoms with E-state index in [1.807, 2.05) is 5.32 Å². The zero-order valence-corrected chi connectivity index (χ0v) is 11.0. The fourth-order valence-electron chi connectivity index (χ4n) is 1.04. The van der Waals surface area contributed by atoms with Crippen LogP contribution in [0, 0.1) is 0 Å². The number of nitrogens with one attached hydrogen (secondary N) is 1. The van der Waals surface area contributed by atoms with Crippen molar-refractivity contribution in [1.82, 2.24) is 5.32 Å². The van der Waals surface area contributed by atoms with Gasteiger partial charge in [-0.05, 0) is 6.42 Å². The molecule has 0 bridgehead atoms. The summed E-state index contributed by atoms with van der Waals surface area (Å²) in [7, 11) is -4.88. The minimum absolute atomic E-state index is 0.215. The smallest absolute Gasteiger partial charge is 0.469 e. The number of carbonyl (C=O) groups is 3. The van der Waals surface area contributed by atoms with E-state index in [0.29, 0.717) is 0 Å². The first-order valence-electron chi connectivity index (χ1n) is 5.23. The van der Waals surface area contributed by atoms with E-state index in [-0.39, 0.29) is 12.8 Å². The summed E-state index contributed by atoms with van der Waals surface area (Å²) in [6, 6.07) is -2.98. The maximum absolute atomic E-state index is 11.5. The van der Waals surface area contributed by atoms with Crippen LogP contribution in [0.4, 0.5) is 0 Å². The molecule has 0 saturated heterocycles. The number of phosphoric ester groups is 1. The van der Waals surface area contributed by atoms with Gasteiger partial charge >= 0.3 is 19.8 Å². The summed E-state index contributed by atoms with van der Waals surface area (Å²) in [4.78, 5) is 49.4. The summed E-state index contributed by atoms with van der Waals surface area (Å²) >= 11 is 0. The van der Waals surface area contributed by atoms with Gasteiger partial charge in [-0.1, -0.05) is 0 Å². The molecule has 116 valence electrons. The van der Waals surface area contributed by atoms with Gasteiger partial charge in [-0.3, -0.25) is 14.1 Å². The van der Waals surface area contributed by atoms with E-state index in [1.165, 1.54) is 0 Å². The first-order valence-corrected chi connectivity index (χ1v) is 6.76. The fraction of sp³-hybridized carbons (Fsp3) is 0.625. The molecule has 2 atom stereocenters. The van der Waals surface area contributed by atoms with Crippen LogP contribution in [0.15, 0.2) is 0 Å². The van der Waals surface area contributed by atoms with Crippen LogP contribution in [-0.4, -0.2) is 56.5 Å². The van der Waals surface area contributed by atoms with Crippen LogP contribution in [0.3, 0.4) is 0 Å². The highest BCUT2D eigenvalue weighted by Gasteiger charge is 2.26. The Kier molecular flexibility index (Phi) is 7.32. The Morgan fingerprint density at radius 1 is 1.25 bits per heavy atom. The van der Waals surface area contributed by atoms with Crippen molar-refractivity contribution in [2.75, 3.05) is 6.61 Å². The predicted octanol–water partition coefficient (Wildman–Crippen LogP) is -2.14. The van der Waals surface area contributed by atoms with E-state index in [4.69, 9.17) is 25.7 Å². The number of hydrogen-bond donors (Lipinski definition) is 6. The Labute approximate surface area is 113 Å². The van der Waals surface area contributed by atoms with E-state index >= 15 is 0 Å². The number of carbonyl (C=O) groups excluding carboxylic acids is 1. The molecule has 0 spiro atoms. The monoisotopic (exact) mass is 314 g/mol. The van der Waals surface area contributed by atoms with Crippen LogP contribution in [0.2, 0.25) is 0 Å². The summed E-state index contributed by atoms with van der Waals surface area (Å²) in [6.07, 6.45) is -0.599. The maximum Gasteiger partial charge on any atom is 0.469 e. The van der Waals surface area contributed by atoms with Gasteiger partial charge < -0.3 is 31.1 Å². The number of carboxylic acids is 2. The van der Waals surface area contributed by atoms with Gasteiger partial charge in [0.15, 0.2) is 6.04 Å². The maximum atomic E-state index is 11.5. The molecular weight excluding hydrogens is 299 g/mol. The number of aliphatic carboxylic acids is 2. The number of carboxylic acid groups (broad SMARTS) is 2. The van der Waals surface area contributed by atoms with Gasteiger partial charge in [-0.15, -0.1) is 0 Å². The molecule has 11 nitrogen and oxygen atoms in total. The molecule has 0 aromatic heterocycles. The predicted molar refractivity (Wildman–Crippen MR) is 62.4 cm³/mol. The van der Waals surface area contributed by atoms with Crippen molar-refractivity contribution in [3.63, 3.8) is 0 Å². The molecule has 12 heteroatoms. The van der Waals surface area contributed by atoms with Gasteiger partial charge in [0.1, 0.15) is 0 Å². The number of nitrogens with two attached hydrogens (primary N) is 1. The third kappa shape index (κ3) is 8.56. The van der Waals surface area contributed by atoms with Gasteiger partial charge in [0.05, 0.1) is 12.6 Å². The normalized spacial score (nSPS) is 14.3. The minimum atomic E-state index is -4.88. The van der Waals surface area contributed by atoms with Crippen molar-refractivity contribution >= 4 is 25.7 Å². The summed E-state index contributed by atoms with van der Waals surface area (Å²) in [6.45, 7) is -0.961. The summed E-state index contributed by atoms with van der Waals surface area (Å²) in [5.74, 6) is -3.72. The molecule has 0 rings (SSSR count). The van der Waals surface area contributed by atoms with Crippen molar-refractivity contribution in [2.45, 2.75) is 24.9 Å². The second kappa shape index (κ2) is 7.92. The van der Waals surface area contributed by atoms with Crippen LogP contribution in [0.5, 0.6) is 0 Å². The minimum Gasteiger partial charge on any atom is -0.481 e. The zero-order chi connectivity index (χ0) is 15.9. The lowest BCUT2D eigenvalue weighted by Gasteiger charge is -2.17. The lowest BCUT2D eigenvalue weighted by Crippen LogP contribution is -2.50. The first-order chi connectivity index (χ1) is 9.03. The lowest BCUT2D eigenvalue weighted by atomic mass is 10.1. The molecule has 0 aromatic rings. The fourth-order valence-corrected chi connectivity index (χ4v) is 1.38. The van der Waals surface area contributed by atoms with Crippen LogP contribution in [0.1, 0.15) is 12.8 Å². The molecule has 1 amide bonds. The first kappa shape index (κ1) is 18.5. The number of rotatable bonds is 9. The molecular formula is C8H15N2O9P. The molecule has 0 aromatic carbocycles. The van der Waals surface area contributed by atoms with Gasteiger partial charge in [0.25, 0.3) is 0 Å². The van der Waals surface area contributed by atoms with Crippen molar-refractivity contribution < 1.29 is 43.5 Å². The average Bonchev–Trinajstić information content (AvgIpc) is 2.29. The van der Waals surface area contributed by atoms with E-state index in [9.17, 15) is 18.9 Å². The molecule has 0 aliphatic heterocycles. The van der Waals surface area contributed by atoms with Crippen LogP contribution in [-0.2, 0) is 23.5 Å². The number of phosphoric acid groups is 1. The van der Waals surface area contributed by atoms with Crippen LogP contribution in [0.25, 0.3) is 0 Å². The molecule has 0 fully saturated rings. The van der Waals surface area contributed by atoms with E-state index < -0.39 is 44.4 Å². The Balaban J connectivity index is 4.44. The Morgan fingerprint density at radius 2 is 1.80 bits per heavy atom. The number of amides is 1. The Hall–Kier alpha value is -1.52. The molecule has 0 heterocycles. The van der Waals surface area contributed by atoms with Gasteiger partial charge in [-0.25, -0.2) is 9.36 Å². The second-order valence-corrected chi connectivity index (χ2v) is 4.96. The highest BCUT2D eigenvalue weighted by Crippen LogP contribution is 2.35. The lowest BCUT2D eigenvalue weighted by molar-refractivity contribution is -0.143. The van der Waals surface area contributed by atoms with E-state index in [0.717, 1.165) is 0 Å². The SMILES string of the molecule is N[C@@H](CCC(=O)O)C(=O)N[C@@H](COP(=O)(O)O)C(=O)O. The zero-order valence-electron chi connectivity index (χ0n) is 10.1. The molecule has 0 radical (unpaired) electrons. The van der Waals surface area contributed by atoms with Crippen LogP contribution < -0.4 is 11.1 Å². The molecule has 0 aliphatic carbocycles. The molecule has 0 saturated carbocycles. The average molecular weight is 314 g/mol. The third-order valence-electron chi connectivity index (χ3n) is 2.03. The van der Waals surface area contributed by atoms with Crippen molar-refractivity contribution in [3.05, 3.63) is 0 Å².